The summed E-state index contributed by atoms with van der Waals surface area (Å²) < 4.78 is 7.62. The molecule has 0 bridgehead atoms. The van der Waals surface area contributed by atoms with Crippen LogP contribution in [0.5, 0.6) is 0 Å². The van der Waals surface area contributed by atoms with E-state index >= 15 is 0 Å². The summed E-state index contributed by atoms with van der Waals surface area (Å²) in [6.45, 7) is -0.160. The number of hydrogen-bond acceptors (Lipinski definition) is 13. The number of carboxylic acid groups (broad SMARTS) is 3. The van der Waals surface area contributed by atoms with Gasteiger partial charge in [0.15, 0.2) is 6.67 Å². The second kappa shape index (κ2) is 14.6. The van der Waals surface area contributed by atoms with Crippen LogP contribution in [0.15, 0.2) is 9.98 Å². The van der Waals surface area contributed by atoms with Gasteiger partial charge in [-0.15, -0.1) is 0 Å². The molecule has 2 saturated heterocycles. The van der Waals surface area contributed by atoms with Crippen molar-refractivity contribution in [2.24, 2.45) is 15.9 Å². The first kappa shape index (κ1) is 26.7. The van der Waals surface area contributed by atoms with E-state index in [9.17, 15) is 43.2 Å². The van der Waals surface area contributed by atoms with E-state index in [1.165, 1.54) is 12.2 Å². The van der Waals surface area contributed by atoms with Crippen molar-refractivity contribution in [3.05, 3.63) is 0 Å². The van der Waals surface area contributed by atoms with Crippen LogP contribution in [0.3, 0.4) is 0 Å². The number of nitrogens with zero attached hydrogens (tertiary/aromatic N) is 2. The molecule has 0 amide bonds. The predicted molar refractivity (Wildman–Crippen MR) is 78.9 cm³/mol. The summed E-state index contributed by atoms with van der Waals surface area (Å²) in [6, 6.07) is 0. The summed E-state index contributed by atoms with van der Waals surface area (Å²) in [5.41, 5.74) is 0. The van der Waals surface area contributed by atoms with Crippen LogP contribution in [-0.2, 0) is 52.6 Å². The van der Waals surface area contributed by atoms with Crippen LogP contribution in [0.4, 0.5) is 0 Å². The molecule has 2 rings (SSSR count). The van der Waals surface area contributed by atoms with E-state index in [0.29, 0.717) is 0 Å². The van der Waals surface area contributed by atoms with Crippen molar-refractivity contribution in [1.82, 2.24) is 0 Å². The standard InChI is InChI=1S/C4H2O5.C3H2N2O2.C3H4O4.C3H2O3/c5-2(6)1-3(7)9-4(1)8;6-2-4-1-5-3-7;4-2(5)1-3(6)7;4-2-1-3(5)6-2/h1H,(H,5,6);1H2;1H2,(H,4,5)(H,6,7);1H2. The number of hydrogen-bond donors (Lipinski definition) is 3. The van der Waals surface area contributed by atoms with Gasteiger partial charge in [0.2, 0.25) is 12.2 Å². The number of ether oxygens (including phenoxy) is 2. The van der Waals surface area contributed by atoms with Gasteiger partial charge in [0.05, 0.1) is 0 Å². The molecule has 16 nitrogen and oxygen atoms in total. The summed E-state index contributed by atoms with van der Waals surface area (Å²) in [7, 11) is 0. The van der Waals surface area contributed by atoms with Gasteiger partial charge >= 0.3 is 41.8 Å². The highest BCUT2D eigenvalue weighted by Gasteiger charge is 2.47. The Labute approximate surface area is 158 Å². The fourth-order valence-electron chi connectivity index (χ4n) is 0.916. The van der Waals surface area contributed by atoms with Gasteiger partial charge in [0.25, 0.3) is 5.92 Å². The minimum atomic E-state index is -1.56. The average Bonchev–Trinajstić information content (AvgIpc) is 2.54. The van der Waals surface area contributed by atoms with E-state index in [1.54, 1.807) is 0 Å². The molecule has 16 heteroatoms. The van der Waals surface area contributed by atoms with Crippen LogP contribution in [0.1, 0.15) is 12.8 Å². The lowest BCUT2D eigenvalue weighted by Crippen LogP contribution is -2.45. The number of isocyanates is 2. The topological polar surface area (TPSA) is 257 Å². The Hall–Kier alpha value is -4.55. The zero-order valence-corrected chi connectivity index (χ0v) is 13.9. The van der Waals surface area contributed by atoms with Gasteiger partial charge in [0, 0.05) is 0 Å². The van der Waals surface area contributed by atoms with E-state index in [1.807, 2.05) is 0 Å². The minimum Gasteiger partial charge on any atom is -0.481 e. The highest BCUT2D eigenvalue weighted by Crippen LogP contribution is 2.13. The van der Waals surface area contributed by atoms with Crippen LogP contribution in [0.2, 0.25) is 0 Å². The molecular weight excluding hydrogens is 408 g/mol. The number of aliphatic carboxylic acids is 3. The molecule has 0 aliphatic carbocycles. The first-order valence-corrected chi connectivity index (χ1v) is 6.68. The third kappa shape index (κ3) is 14.3. The lowest BCUT2D eigenvalue weighted by molar-refractivity contribution is -0.188. The smallest absolute Gasteiger partial charge is 0.339 e. The van der Waals surface area contributed by atoms with Crippen molar-refractivity contribution >= 4 is 53.9 Å². The molecule has 0 radical (unpaired) electrons. The third-order valence-corrected chi connectivity index (χ3v) is 2.01. The molecule has 3 N–H and O–H groups in total. The summed E-state index contributed by atoms with van der Waals surface area (Å²) in [5.74, 6) is -8.43. The lowest BCUT2D eigenvalue weighted by Gasteiger charge is -2.16. The number of carbonyl (C=O) groups is 7. The fraction of sp³-hybridized carbons (Fsp3) is 0.308. The fourth-order valence-corrected chi connectivity index (χ4v) is 0.916. The normalized spacial score (nSPS) is 13.1. The quantitative estimate of drug-likeness (QED) is 0.179. The highest BCUT2D eigenvalue weighted by molar-refractivity contribution is 6.22. The Bertz CT molecular complexity index is 710. The molecule has 156 valence electrons. The Balaban J connectivity index is 0. The van der Waals surface area contributed by atoms with Crippen LogP contribution < -0.4 is 0 Å². The monoisotopic (exact) mass is 418 g/mol. The van der Waals surface area contributed by atoms with Crippen molar-refractivity contribution in [3.8, 4) is 0 Å². The molecule has 2 fully saturated rings. The van der Waals surface area contributed by atoms with Crippen molar-refractivity contribution in [3.63, 3.8) is 0 Å². The Morgan fingerprint density at radius 2 is 1.24 bits per heavy atom. The van der Waals surface area contributed by atoms with Crippen LogP contribution in [0, 0.1) is 5.92 Å². The van der Waals surface area contributed by atoms with Crippen LogP contribution in [0.25, 0.3) is 0 Å². The molecular formula is C13H10N2O14. The zero-order valence-electron chi connectivity index (χ0n) is 13.9. The number of esters is 4. The third-order valence-electron chi connectivity index (χ3n) is 2.01. The summed E-state index contributed by atoms with van der Waals surface area (Å²) in [4.78, 5) is 92.4. The zero-order chi connectivity index (χ0) is 23.0. The molecule has 0 spiro atoms. The number of aliphatic imine (C=N–C) groups is 2. The largest absolute Gasteiger partial charge is 0.481 e. The van der Waals surface area contributed by atoms with Gasteiger partial charge in [-0.05, 0) is 0 Å². The number of carbonyl (C=O) groups excluding carboxylic acids is 6. The highest BCUT2D eigenvalue weighted by atomic mass is 16.6. The second-order valence-electron chi connectivity index (χ2n) is 4.14. The average molecular weight is 418 g/mol. The van der Waals surface area contributed by atoms with Gasteiger partial charge in [-0.3, -0.25) is 24.0 Å². The van der Waals surface area contributed by atoms with Crippen molar-refractivity contribution in [2.45, 2.75) is 12.8 Å². The van der Waals surface area contributed by atoms with Crippen LogP contribution in [-0.4, -0.2) is 75.9 Å². The molecule has 0 aromatic carbocycles. The Morgan fingerprint density at radius 3 is 1.34 bits per heavy atom. The molecule has 0 unspecified atom stereocenters. The molecule has 0 aromatic rings. The molecule has 2 heterocycles. The number of carboxylic acids is 3. The molecule has 0 atom stereocenters. The van der Waals surface area contributed by atoms with Gasteiger partial charge in [0.1, 0.15) is 12.8 Å². The number of rotatable bonds is 5. The predicted octanol–water partition coefficient (Wildman–Crippen LogP) is -2.61. The van der Waals surface area contributed by atoms with E-state index in [2.05, 4.69) is 19.5 Å². The van der Waals surface area contributed by atoms with E-state index < -0.39 is 54.1 Å². The van der Waals surface area contributed by atoms with Gasteiger partial charge in [-0.25, -0.2) is 19.2 Å². The Morgan fingerprint density at radius 1 is 0.862 bits per heavy atom. The van der Waals surface area contributed by atoms with E-state index in [0.717, 1.165) is 0 Å². The summed E-state index contributed by atoms with van der Waals surface area (Å²) in [6.07, 6.45) is 1.58. The maximum atomic E-state index is 10.1. The minimum absolute atomic E-state index is 0.0278. The Kier molecular flexibility index (Phi) is 13.4. The van der Waals surface area contributed by atoms with E-state index in [4.69, 9.17) is 15.3 Å². The molecule has 0 aromatic heterocycles. The molecule has 29 heavy (non-hydrogen) atoms. The van der Waals surface area contributed by atoms with Crippen molar-refractivity contribution < 1.29 is 67.9 Å². The van der Waals surface area contributed by atoms with Gasteiger partial charge in [-0.1, -0.05) is 0 Å². The first-order valence-electron chi connectivity index (χ1n) is 6.68. The SMILES string of the molecule is O=C(O)C1C(=O)OC1=O.O=C(O)CC(=O)O.O=C1CC(=O)O1.O=C=NCN=C=O. The summed E-state index contributed by atoms with van der Waals surface area (Å²) >= 11 is 0. The van der Waals surface area contributed by atoms with Crippen molar-refractivity contribution in [1.29, 1.82) is 0 Å². The van der Waals surface area contributed by atoms with Crippen molar-refractivity contribution in [2.75, 3.05) is 6.67 Å². The summed E-state index contributed by atoms with van der Waals surface area (Å²) in [5, 5.41) is 23.5. The maximum Gasteiger partial charge on any atom is 0.339 e. The number of cyclic esters (lactones) is 4. The van der Waals surface area contributed by atoms with Gasteiger partial charge in [-0.2, -0.15) is 9.98 Å². The first-order chi connectivity index (χ1) is 13.5. The molecule has 0 saturated carbocycles. The molecule has 2 aliphatic heterocycles. The van der Waals surface area contributed by atoms with E-state index in [-0.39, 0.29) is 13.1 Å². The lowest BCUT2D eigenvalue weighted by atomic mass is 10.1. The second-order valence-corrected chi connectivity index (χ2v) is 4.14. The molecule has 2 aliphatic rings. The van der Waals surface area contributed by atoms with Gasteiger partial charge < -0.3 is 24.8 Å². The maximum absolute atomic E-state index is 10.1. The van der Waals surface area contributed by atoms with Crippen LogP contribution >= 0.6 is 0 Å².